The number of thiophene rings is 1. The Morgan fingerprint density at radius 1 is 1.23 bits per heavy atom. The van der Waals surface area contributed by atoms with Crippen molar-refractivity contribution in [3.63, 3.8) is 0 Å². The van der Waals surface area contributed by atoms with Crippen LogP contribution in [0.25, 0.3) is 0 Å². The van der Waals surface area contributed by atoms with Crippen molar-refractivity contribution in [3.8, 4) is 0 Å². The Hall–Kier alpha value is -2.08. The average molecular weight is 320 g/mol. The summed E-state index contributed by atoms with van der Waals surface area (Å²) in [6.07, 6.45) is 2.77. The summed E-state index contributed by atoms with van der Waals surface area (Å²) in [5, 5.41) is 5.58. The zero-order chi connectivity index (χ0) is 16.3. The van der Waals surface area contributed by atoms with Crippen LogP contribution >= 0.6 is 11.3 Å². The van der Waals surface area contributed by atoms with Crippen molar-refractivity contribution in [2.45, 2.75) is 39.8 Å². The van der Waals surface area contributed by atoms with Crippen LogP contribution in [0.15, 0.2) is 29.1 Å². The highest BCUT2D eigenvalue weighted by Gasteiger charge is 2.20. The van der Waals surface area contributed by atoms with Gasteiger partial charge in [0.15, 0.2) is 0 Å². The maximum atomic E-state index is 12.2. The summed E-state index contributed by atoms with van der Waals surface area (Å²) in [5.74, 6) is -0.542. The zero-order valence-electron chi connectivity index (χ0n) is 13.1. The molecule has 0 aromatic carbocycles. The molecule has 2 rings (SSSR count). The highest BCUT2D eigenvalue weighted by molar-refractivity contribution is 7.12. The number of amides is 2. The minimum atomic E-state index is -0.620. The lowest BCUT2D eigenvalue weighted by Gasteiger charge is -2.18. The van der Waals surface area contributed by atoms with Crippen LogP contribution in [0.3, 0.4) is 0 Å². The molecule has 2 amide bonds. The lowest BCUT2D eigenvalue weighted by atomic mass is 10.1. The smallest absolute Gasteiger partial charge is 0.255 e. The van der Waals surface area contributed by atoms with Crippen molar-refractivity contribution in [3.05, 3.63) is 45.5 Å². The van der Waals surface area contributed by atoms with E-state index in [4.69, 9.17) is 4.42 Å². The van der Waals surface area contributed by atoms with Gasteiger partial charge in [-0.15, -0.1) is 11.3 Å². The molecule has 5 nitrogen and oxygen atoms in total. The molecule has 2 aromatic heterocycles. The lowest BCUT2D eigenvalue weighted by molar-refractivity contribution is -0.123. The Balaban J connectivity index is 1.93. The molecule has 0 saturated heterocycles. The number of carbonyl (C=O) groups excluding carboxylic acids is 2. The van der Waals surface area contributed by atoms with Crippen LogP contribution in [0.2, 0.25) is 0 Å². The van der Waals surface area contributed by atoms with Gasteiger partial charge in [-0.25, -0.2) is 0 Å². The van der Waals surface area contributed by atoms with Gasteiger partial charge >= 0.3 is 0 Å². The molecule has 0 aliphatic rings. The number of rotatable bonds is 5. The van der Waals surface area contributed by atoms with Crippen LogP contribution < -0.4 is 10.6 Å². The quantitative estimate of drug-likeness (QED) is 0.890. The Bertz CT molecular complexity index is 661. The third-order valence-electron chi connectivity index (χ3n) is 3.43. The molecule has 2 N–H and O–H groups in total. The maximum absolute atomic E-state index is 12.2. The summed E-state index contributed by atoms with van der Waals surface area (Å²) >= 11 is 1.71. The highest BCUT2D eigenvalue weighted by Crippen LogP contribution is 2.26. The molecule has 2 heterocycles. The second kappa shape index (κ2) is 6.79. The highest BCUT2D eigenvalue weighted by atomic mass is 32.1. The van der Waals surface area contributed by atoms with E-state index in [9.17, 15) is 9.59 Å². The fourth-order valence-corrected chi connectivity index (χ4v) is 3.26. The molecule has 0 aliphatic carbocycles. The molecule has 0 bridgehead atoms. The predicted molar refractivity (Wildman–Crippen MR) is 86.0 cm³/mol. The molecule has 0 radical (unpaired) electrons. The maximum Gasteiger partial charge on any atom is 0.255 e. The summed E-state index contributed by atoms with van der Waals surface area (Å²) in [5.41, 5.74) is 1.52. The summed E-state index contributed by atoms with van der Waals surface area (Å²) in [6.45, 7) is 7.69. The minimum Gasteiger partial charge on any atom is -0.472 e. The number of hydrogen-bond donors (Lipinski definition) is 2. The van der Waals surface area contributed by atoms with Gasteiger partial charge in [0.25, 0.3) is 5.91 Å². The van der Waals surface area contributed by atoms with Crippen molar-refractivity contribution in [2.24, 2.45) is 0 Å². The molecule has 0 fully saturated rings. The second-order valence-electron chi connectivity index (χ2n) is 5.31. The number of hydrogen-bond acceptors (Lipinski definition) is 4. The standard InChI is InChI=1S/C16H20N2O3S/c1-9-7-14(12(4)22-9)10(2)17-15(19)11(3)18-16(20)13-5-6-21-8-13/h5-8,10-11H,1-4H3,(H,17,19)(H,18,20)/t10-,11+/m0/s1. The molecule has 22 heavy (non-hydrogen) atoms. The Labute approximate surface area is 133 Å². The van der Waals surface area contributed by atoms with Crippen molar-refractivity contribution >= 4 is 23.2 Å². The number of nitrogens with one attached hydrogen (secondary N) is 2. The van der Waals surface area contributed by atoms with E-state index < -0.39 is 6.04 Å². The summed E-state index contributed by atoms with van der Waals surface area (Å²) in [4.78, 5) is 26.5. The molecule has 0 spiro atoms. The second-order valence-corrected chi connectivity index (χ2v) is 6.77. The SMILES string of the molecule is Cc1cc([C@H](C)NC(=O)[C@@H](C)NC(=O)c2ccoc2)c(C)s1. The van der Waals surface area contributed by atoms with Crippen LogP contribution in [0, 0.1) is 13.8 Å². The number of carbonyl (C=O) groups is 2. The van der Waals surface area contributed by atoms with E-state index in [1.807, 2.05) is 20.8 Å². The third-order valence-corrected chi connectivity index (χ3v) is 4.41. The largest absolute Gasteiger partial charge is 0.472 e. The van der Waals surface area contributed by atoms with E-state index in [0.29, 0.717) is 5.56 Å². The Morgan fingerprint density at radius 3 is 2.50 bits per heavy atom. The summed E-state index contributed by atoms with van der Waals surface area (Å²) in [7, 11) is 0. The van der Waals surface area contributed by atoms with Gasteiger partial charge in [0, 0.05) is 9.75 Å². The molecule has 118 valence electrons. The Morgan fingerprint density at radius 2 is 1.95 bits per heavy atom. The van der Waals surface area contributed by atoms with E-state index in [1.54, 1.807) is 24.3 Å². The molecular formula is C16H20N2O3S. The van der Waals surface area contributed by atoms with Gasteiger partial charge in [0.05, 0.1) is 17.9 Å². The van der Waals surface area contributed by atoms with Crippen LogP contribution in [0.4, 0.5) is 0 Å². The topological polar surface area (TPSA) is 71.3 Å². The fraction of sp³-hybridized carbons (Fsp3) is 0.375. The summed E-state index contributed by atoms with van der Waals surface area (Å²) in [6, 6.07) is 2.93. The van der Waals surface area contributed by atoms with Crippen LogP contribution in [-0.4, -0.2) is 17.9 Å². The van der Waals surface area contributed by atoms with Crippen LogP contribution in [0.5, 0.6) is 0 Å². The Kier molecular flexibility index (Phi) is 5.03. The van der Waals surface area contributed by atoms with Crippen LogP contribution in [0.1, 0.15) is 45.6 Å². The first kappa shape index (κ1) is 16.3. The van der Waals surface area contributed by atoms with Gasteiger partial charge in [0.1, 0.15) is 12.3 Å². The van der Waals surface area contributed by atoms with Gasteiger partial charge in [-0.1, -0.05) is 0 Å². The van der Waals surface area contributed by atoms with Crippen LogP contribution in [-0.2, 0) is 4.79 Å². The number of aryl methyl sites for hydroxylation is 2. The van der Waals surface area contributed by atoms with Crippen molar-refractivity contribution in [1.29, 1.82) is 0 Å². The van der Waals surface area contributed by atoms with Gasteiger partial charge in [0.2, 0.25) is 5.91 Å². The van der Waals surface area contributed by atoms with Gasteiger partial charge in [-0.2, -0.15) is 0 Å². The molecule has 0 unspecified atom stereocenters. The normalized spacial score (nSPS) is 13.5. The van der Waals surface area contributed by atoms with E-state index in [0.717, 1.165) is 5.56 Å². The monoisotopic (exact) mass is 320 g/mol. The van der Waals surface area contributed by atoms with Crippen molar-refractivity contribution < 1.29 is 14.0 Å². The third kappa shape index (κ3) is 3.76. The molecular weight excluding hydrogens is 300 g/mol. The predicted octanol–water partition coefficient (Wildman–Crippen LogP) is 2.95. The van der Waals surface area contributed by atoms with Gasteiger partial charge < -0.3 is 15.1 Å². The van der Waals surface area contributed by atoms with Crippen molar-refractivity contribution in [2.75, 3.05) is 0 Å². The zero-order valence-corrected chi connectivity index (χ0v) is 13.9. The van der Waals surface area contributed by atoms with E-state index in [-0.39, 0.29) is 17.9 Å². The lowest BCUT2D eigenvalue weighted by Crippen LogP contribution is -2.45. The summed E-state index contributed by atoms with van der Waals surface area (Å²) < 4.78 is 4.86. The number of furan rings is 1. The van der Waals surface area contributed by atoms with E-state index in [1.165, 1.54) is 22.3 Å². The van der Waals surface area contributed by atoms with Gasteiger partial charge in [-0.05, 0) is 45.4 Å². The molecule has 2 atom stereocenters. The fourth-order valence-electron chi connectivity index (χ4n) is 2.24. The van der Waals surface area contributed by atoms with Crippen molar-refractivity contribution in [1.82, 2.24) is 10.6 Å². The first-order valence-electron chi connectivity index (χ1n) is 7.09. The van der Waals surface area contributed by atoms with E-state index >= 15 is 0 Å². The average Bonchev–Trinajstić information content (AvgIpc) is 3.08. The molecule has 0 aliphatic heterocycles. The van der Waals surface area contributed by atoms with Gasteiger partial charge in [-0.3, -0.25) is 9.59 Å². The minimum absolute atomic E-state index is 0.0919. The first-order chi connectivity index (χ1) is 10.4. The van der Waals surface area contributed by atoms with E-state index in [2.05, 4.69) is 16.7 Å². The molecule has 2 aromatic rings. The molecule has 6 heteroatoms. The first-order valence-corrected chi connectivity index (χ1v) is 7.90. The molecule has 0 saturated carbocycles.